The lowest BCUT2D eigenvalue weighted by Gasteiger charge is -1.86. The van der Waals surface area contributed by atoms with Gasteiger partial charge >= 0.3 is 12.1 Å². The Bertz CT molecular complexity index is 151. The molecule has 0 heterocycles. The number of rotatable bonds is 2. The summed E-state index contributed by atoms with van der Waals surface area (Å²) in [5.41, 5.74) is 4.47. The number of carboxylic acids is 1. The maximum Gasteiger partial charge on any atom is 0.409 e. The van der Waals surface area contributed by atoms with Crippen LogP contribution in [0, 0.1) is 0 Å². The second-order valence-corrected chi connectivity index (χ2v) is 1.08. The van der Waals surface area contributed by atoms with E-state index >= 15 is 0 Å². The average molecular weight is 131 g/mol. The number of primary amides is 1. The maximum absolute atomic E-state index is 9.74. The topological polar surface area (TPSA) is 89.6 Å². The van der Waals surface area contributed by atoms with Crippen molar-refractivity contribution < 1.29 is 19.4 Å². The van der Waals surface area contributed by atoms with Gasteiger partial charge in [0.25, 0.3) is 0 Å². The highest BCUT2D eigenvalue weighted by Crippen LogP contribution is 1.75. The second-order valence-electron chi connectivity index (χ2n) is 1.08. The molecule has 0 fully saturated rings. The number of aliphatic carboxylic acids is 1. The predicted octanol–water partition coefficient (Wildman–Crippen LogP) is -0.320. The molecular formula is C4H5NO4. The molecule has 0 saturated heterocycles. The van der Waals surface area contributed by atoms with E-state index in [1.807, 2.05) is 0 Å². The second kappa shape index (κ2) is 3.48. The van der Waals surface area contributed by atoms with Crippen LogP contribution < -0.4 is 5.73 Å². The van der Waals surface area contributed by atoms with E-state index in [1.165, 1.54) is 0 Å². The van der Waals surface area contributed by atoms with Gasteiger partial charge in [-0.1, -0.05) is 0 Å². The van der Waals surface area contributed by atoms with Gasteiger partial charge in [0.1, 0.15) is 6.26 Å². The Kier molecular flexibility index (Phi) is 2.89. The molecule has 0 spiro atoms. The number of amides is 1. The van der Waals surface area contributed by atoms with Gasteiger partial charge in [-0.25, -0.2) is 9.59 Å². The molecule has 50 valence electrons. The molecule has 0 unspecified atom stereocenters. The molecule has 5 nitrogen and oxygen atoms in total. The summed E-state index contributed by atoms with van der Waals surface area (Å²) in [7, 11) is 0. The van der Waals surface area contributed by atoms with Crippen molar-refractivity contribution in [1.29, 1.82) is 0 Å². The Balaban J connectivity index is 3.48. The highest BCUT2D eigenvalue weighted by atomic mass is 16.5. The van der Waals surface area contributed by atoms with Crippen molar-refractivity contribution in [3.63, 3.8) is 0 Å². The van der Waals surface area contributed by atoms with Gasteiger partial charge in [-0.15, -0.1) is 0 Å². The number of carboxylic acid groups (broad SMARTS) is 1. The van der Waals surface area contributed by atoms with E-state index in [0.29, 0.717) is 12.3 Å². The Morgan fingerprint density at radius 1 is 1.56 bits per heavy atom. The minimum Gasteiger partial charge on any atom is -0.478 e. The minimum atomic E-state index is -1.20. The summed E-state index contributed by atoms with van der Waals surface area (Å²) in [6.07, 6.45) is 0.322. The number of hydrogen-bond donors (Lipinski definition) is 2. The first-order valence-electron chi connectivity index (χ1n) is 1.98. The predicted molar refractivity (Wildman–Crippen MR) is 27.4 cm³/mol. The lowest BCUT2D eigenvalue weighted by atomic mass is 10.6. The Labute approximate surface area is 50.7 Å². The van der Waals surface area contributed by atoms with E-state index in [1.54, 1.807) is 0 Å². The largest absolute Gasteiger partial charge is 0.478 e. The quantitative estimate of drug-likeness (QED) is 0.397. The fraction of sp³-hybridized carbons (Fsp3) is 0. The van der Waals surface area contributed by atoms with Gasteiger partial charge in [0.05, 0.1) is 6.08 Å². The van der Waals surface area contributed by atoms with Crippen LogP contribution in [0.15, 0.2) is 12.3 Å². The summed E-state index contributed by atoms with van der Waals surface area (Å²) in [5.74, 6) is -1.20. The Hall–Kier alpha value is -1.52. The summed E-state index contributed by atoms with van der Waals surface area (Å²) in [5, 5.41) is 7.91. The van der Waals surface area contributed by atoms with Crippen molar-refractivity contribution in [1.82, 2.24) is 0 Å². The maximum atomic E-state index is 9.74. The van der Waals surface area contributed by atoms with Crippen molar-refractivity contribution >= 4 is 12.1 Å². The molecule has 3 N–H and O–H groups in total. The molecule has 5 heteroatoms. The molecule has 0 aliphatic heterocycles. The zero-order valence-electron chi connectivity index (χ0n) is 4.40. The Morgan fingerprint density at radius 2 is 2.11 bits per heavy atom. The van der Waals surface area contributed by atoms with Gasteiger partial charge in [0.2, 0.25) is 0 Å². The van der Waals surface area contributed by atoms with Crippen LogP contribution in [0.3, 0.4) is 0 Å². The van der Waals surface area contributed by atoms with Crippen molar-refractivity contribution in [3.05, 3.63) is 12.3 Å². The number of nitrogens with two attached hydrogens (primary N) is 1. The third-order valence-electron chi connectivity index (χ3n) is 0.395. The first kappa shape index (κ1) is 7.48. The van der Waals surface area contributed by atoms with Crippen LogP contribution in [-0.2, 0) is 9.53 Å². The smallest absolute Gasteiger partial charge is 0.409 e. The molecule has 0 aromatic rings. The van der Waals surface area contributed by atoms with Crippen LogP contribution in [-0.4, -0.2) is 17.2 Å². The number of carbonyl (C=O) groups is 2. The average Bonchev–Trinajstić information content (AvgIpc) is 1.63. The molecule has 0 aliphatic carbocycles. The molecule has 0 aromatic heterocycles. The number of hydrogen-bond acceptors (Lipinski definition) is 3. The van der Waals surface area contributed by atoms with Crippen LogP contribution in [0.2, 0.25) is 0 Å². The molecule has 0 radical (unpaired) electrons. The van der Waals surface area contributed by atoms with Crippen LogP contribution in [0.1, 0.15) is 0 Å². The van der Waals surface area contributed by atoms with E-state index in [9.17, 15) is 9.59 Å². The van der Waals surface area contributed by atoms with Gasteiger partial charge in [-0.2, -0.15) is 0 Å². The molecular weight excluding hydrogens is 126 g/mol. The van der Waals surface area contributed by atoms with Crippen molar-refractivity contribution in [2.45, 2.75) is 0 Å². The van der Waals surface area contributed by atoms with Crippen molar-refractivity contribution in [3.8, 4) is 0 Å². The summed E-state index contributed by atoms with van der Waals surface area (Å²) >= 11 is 0. The van der Waals surface area contributed by atoms with Crippen LogP contribution in [0.25, 0.3) is 0 Å². The molecule has 1 amide bonds. The molecule has 0 bridgehead atoms. The Morgan fingerprint density at radius 3 is 2.44 bits per heavy atom. The summed E-state index contributed by atoms with van der Waals surface area (Å²) < 4.78 is 3.93. The molecule has 0 aromatic carbocycles. The minimum absolute atomic E-state index is 0.658. The third-order valence-corrected chi connectivity index (χ3v) is 0.395. The third kappa shape index (κ3) is 6.48. The van der Waals surface area contributed by atoms with Gasteiger partial charge in [-0.05, 0) is 0 Å². The monoisotopic (exact) mass is 131 g/mol. The first-order valence-corrected chi connectivity index (χ1v) is 1.98. The van der Waals surface area contributed by atoms with Gasteiger partial charge < -0.3 is 15.6 Å². The van der Waals surface area contributed by atoms with Crippen LogP contribution in [0.5, 0.6) is 0 Å². The number of ether oxygens (including phenoxy) is 1. The highest BCUT2D eigenvalue weighted by Gasteiger charge is 1.87. The van der Waals surface area contributed by atoms with Gasteiger partial charge in [0.15, 0.2) is 0 Å². The zero-order chi connectivity index (χ0) is 7.28. The van der Waals surface area contributed by atoms with E-state index in [0.717, 1.165) is 0 Å². The fourth-order valence-electron chi connectivity index (χ4n) is 0.159. The van der Waals surface area contributed by atoms with E-state index in [4.69, 9.17) is 5.11 Å². The van der Waals surface area contributed by atoms with Crippen LogP contribution in [0.4, 0.5) is 4.79 Å². The van der Waals surface area contributed by atoms with E-state index < -0.39 is 12.1 Å². The van der Waals surface area contributed by atoms with Crippen LogP contribution >= 0.6 is 0 Å². The lowest BCUT2D eigenvalue weighted by Crippen LogP contribution is -2.09. The van der Waals surface area contributed by atoms with Gasteiger partial charge in [-0.3, -0.25) is 0 Å². The SMILES string of the molecule is NC(=O)OC=CC(=O)O. The lowest BCUT2D eigenvalue weighted by molar-refractivity contribution is -0.131. The van der Waals surface area contributed by atoms with Crippen molar-refractivity contribution in [2.75, 3.05) is 0 Å². The van der Waals surface area contributed by atoms with E-state index in [-0.39, 0.29) is 0 Å². The summed E-state index contributed by atoms with van der Waals surface area (Å²) in [4.78, 5) is 19.4. The summed E-state index contributed by atoms with van der Waals surface area (Å²) in [6.45, 7) is 0. The fourth-order valence-corrected chi connectivity index (χ4v) is 0.159. The van der Waals surface area contributed by atoms with Crippen molar-refractivity contribution in [2.24, 2.45) is 5.73 Å². The standard InChI is InChI=1S/C4H5NO4/c5-4(8)9-2-1-3(6)7/h1-2H,(H2,5,8)(H,6,7). The zero-order valence-corrected chi connectivity index (χ0v) is 4.40. The van der Waals surface area contributed by atoms with E-state index in [2.05, 4.69) is 10.5 Å². The highest BCUT2D eigenvalue weighted by molar-refractivity contribution is 5.79. The number of carbonyl (C=O) groups excluding carboxylic acids is 1. The normalized spacial score (nSPS) is 9.33. The first-order chi connectivity index (χ1) is 4.13. The molecule has 0 aliphatic rings. The van der Waals surface area contributed by atoms with Gasteiger partial charge in [0, 0.05) is 0 Å². The summed E-state index contributed by atoms with van der Waals surface area (Å²) in [6, 6.07) is 0. The molecule has 0 rings (SSSR count). The molecule has 9 heavy (non-hydrogen) atoms. The molecule has 0 saturated carbocycles. The molecule has 0 atom stereocenters.